The van der Waals surface area contributed by atoms with Crippen LogP contribution < -0.4 is 0 Å². The first-order chi connectivity index (χ1) is 7.95. The van der Waals surface area contributed by atoms with Crippen LogP contribution in [0.4, 0.5) is 0 Å². The van der Waals surface area contributed by atoms with Crippen LogP contribution in [-0.4, -0.2) is 45.4 Å². The van der Waals surface area contributed by atoms with Crippen molar-refractivity contribution in [3.05, 3.63) is 24.9 Å². The van der Waals surface area contributed by atoms with E-state index in [4.69, 9.17) is 0 Å². The van der Waals surface area contributed by atoms with Gasteiger partial charge in [-0.05, 0) is 10.4 Å². The molecule has 0 saturated carbocycles. The predicted molar refractivity (Wildman–Crippen MR) is 50.1 cm³/mol. The lowest BCUT2D eigenvalue weighted by Gasteiger charge is -1.97. The van der Waals surface area contributed by atoms with Crippen LogP contribution in [0.5, 0.6) is 0 Å². The van der Waals surface area contributed by atoms with Crippen molar-refractivity contribution in [2.24, 2.45) is 0 Å². The fourth-order valence-electron chi connectivity index (χ4n) is 1.21. The van der Waals surface area contributed by atoms with E-state index < -0.39 is 0 Å². The number of aromatic amines is 1. The Morgan fingerprint density at radius 2 is 2.19 bits per heavy atom. The van der Waals surface area contributed by atoms with Gasteiger partial charge in [0.15, 0.2) is 0 Å². The second kappa shape index (κ2) is 3.46. The van der Waals surface area contributed by atoms with Crippen LogP contribution in [0.2, 0.25) is 0 Å². The minimum atomic E-state index is 0.422. The molecule has 1 N–H and O–H groups in total. The van der Waals surface area contributed by atoms with Gasteiger partial charge < -0.3 is 0 Å². The molecule has 0 radical (unpaired) electrons. The molecule has 3 rings (SSSR count). The van der Waals surface area contributed by atoms with Crippen LogP contribution in [0.25, 0.3) is 17.5 Å². The molecule has 16 heavy (non-hydrogen) atoms. The van der Waals surface area contributed by atoms with E-state index in [1.807, 2.05) is 0 Å². The number of tetrazole rings is 1. The third kappa shape index (κ3) is 1.30. The summed E-state index contributed by atoms with van der Waals surface area (Å²) in [6.07, 6.45) is 6.08. The number of hydrogen-bond acceptors (Lipinski definition) is 7. The van der Waals surface area contributed by atoms with Gasteiger partial charge >= 0.3 is 0 Å². The number of hydrogen-bond donors (Lipinski definition) is 1. The van der Waals surface area contributed by atoms with Crippen molar-refractivity contribution >= 4 is 0 Å². The normalized spacial score (nSPS) is 10.5. The topological polar surface area (TPSA) is 111 Å². The minimum Gasteiger partial charge on any atom is -0.261 e. The SMILES string of the molecule is c1cnc(-c2nnnn2-c2ncn[nH]2)cn1. The number of rotatable bonds is 2. The van der Waals surface area contributed by atoms with Gasteiger partial charge in [-0.25, -0.2) is 10.1 Å². The molecular weight excluding hydrogens is 210 g/mol. The zero-order valence-corrected chi connectivity index (χ0v) is 7.89. The van der Waals surface area contributed by atoms with Crippen molar-refractivity contribution < 1.29 is 0 Å². The van der Waals surface area contributed by atoms with Crippen LogP contribution in [-0.2, 0) is 0 Å². The summed E-state index contributed by atoms with van der Waals surface area (Å²) in [5.41, 5.74) is 0.559. The average Bonchev–Trinajstić information content (AvgIpc) is 3.01. The first-order valence-corrected chi connectivity index (χ1v) is 4.35. The van der Waals surface area contributed by atoms with Gasteiger partial charge in [-0.2, -0.15) is 14.8 Å². The summed E-state index contributed by atoms with van der Waals surface area (Å²) in [5, 5.41) is 17.6. The lowest BCUT2D eigenvalue weighted by molar-refractivity contribution is 0.753. The fraction of sp³-hybridized carbons (Fsp3) is 0. The second-order valence-corrected chi connectivity index (χ2v) is 2.81. The first kappa shape index (κ1) is 8.59. The molecule has 3 heterocycles. The molecule has 9 heteroatoms. The van der Waals surface area contributed by atoms with Crippen LogP contribution in [0.1, 0.15) is 0 Å². The van der Waals surface area contributed by atoms with E-state index >= 15 is 0 Å². The van der Waals surface area contributed by atoms with Gasteiger partial charge in [0.05, 0.1) is 6.20 Å². The predicted octanol–water partition coefficient (Wildman–Crippen LogP) is -0.763. The van der Waals surface area contributed by atoms with E-state index in [2.05, 4.69) is 40.7 Å². The molecule has 3 aromatic heterocycles. The summed E-state index contributed by atoms with van der Waals surface area (Å²) >= 11 is 0. The van der Waals surface area contributed by atoms with Crippen molar-refractivity contribution in [2.75, 3.05) is 0 Å². The van der Waals surface area contributed by atoms with E-state index in [0.29, 0.717) is 17.5 Å². The van der Waals surface area contributed by atoms with Gasteiger partial charge in [-0.3, -0.25) is 4.98 Å². The van der Waals surface area contributed by atoms with Crippen LogP contribution >= 0.6 is 0 Å². The van der Waals surface area contributed by atoms with E-state index in [9.17, 15) is 0 Å². The van der Waals surface area contributed by atoms with Gasteiger partial charge in [0.1, 0.15) is 12.0 Å². The van der Waals surface area contributed by atoms with Gasteiger partial charge in [0, 0.05) is 12.4 Å². The van der Waals surface area contributed by atoms with Crippen LogP contribution in [0.15, 0.2) is 24.9 Å². The molecule has 3 aromatic rings. The Hall–Kier alpha value is -2.71. The monoisotopic (exact) mass is 215 g/mol. The smallest absolute Gasteiger partial charge is 0.249 e. The molecule has 0 fully saturated rings. The molecule has 0 unspecified atom stereocenters. The maximum atomic E-state index is 4.10. The van der Waals surface area contributed by atoms with Crippen molar-refractivity contribution in [1.82, 2.24) is 45.4 Å². The molecule has 0 amide bonds. The molecule has 78 valence electrons. The number of nitrogens with one attached hydrogen (secondary N) is 1. The van der Waals surface area contributed by atoms with Gasteiger partial charge in [-0.1, -0.05) is 0 Å². The van der Waals surface area contributed by atoms with Crippen molar-refractivity contribution in [2.45, 2.75) is 0 Å². The molecule has 0 bridgehead atoms. The van der Waals surface area contributed by atoms with E-state index in [-0.39, 0.29) is 0 Å². The highest BCUT2D eigenvalue weighted by molar-refractivity contribution is 5.48. The van der Waals surface area contributed by atoms with Crippen molar-refractivity contribution in [3.63, 3.8) is 0 Å². The van der Waals surface area contributed by atoms with Crippen molar-refractivity contribution in [3.8, 4) is 17.5 Å². The maximum Gasteiger partial charge on any atom is 0.249 e. The lowest BCUT2D eigenvalue weighted by atomic mass is 10.4. The first-order valence-electron chi connectivity index (χ1n) is 4.35. The quantitative estimate of drug-likeness (QED) is 0.597. The molecule has 0 aliphatic heterocycles. The van der Waals surface area contributed by atoms with Crippen LogP contribution in [0, 0.1) is 0 Å². The average molecular weight is 215 g/mol. The highest BCUT2D eigenvalue weighted by Gasteiger charge is 2.13. The minimum absolute atomic E-state index is 0.422. The highest BCUT2D eigenvalue weighted by atomic mass is 15.6. The summed E-state index contributed by atoms with van der Waals surface area (Å²) in [6, 6.07) is 0. The summed E-state index contributed by atoms with van der Waals surface area (Å²) < 4.78 is 1.40. The Bertz CT molecular complexity index is 569. The van der Waals surface area contributed by atoms with Gasteiger partial charge in [0.25, 0.3) is 0 Å². The number of nitrogens with zero attached hydrogens (tertiary/aromatic N) is 8. The van der Waals surface area contributed by atoms with Crippen LogP contribution in [0.3, 0.4) is 0 Å². The largest absolute Gasteiger partial charge is 0.261 e. The zero-order valence-electron chi connectivity index (χ0n) is 7.89. The second-order valence-electron chi connectivity index (χ2n) is 2.81. The summed E-state index contributed by atoms with van der Waals surface area (Å²) in [7, 11) is 0. The molecule has 0 spiro atoms. The number of H-pyrrole nitrogens is 1. The van der Waals surface area contributed by atoms with E-state index in [0.717, 1.165) is 0 Å². The molecule has 0 aromatic carbocycles. The molecule has 0 aliphatic rings. The van der Waals surface area contributed by atoms with E-state index in [1.165, 1.54) is 11.0 Å². The molecule has 0 saturated heterocycles. The number of aromatic nitrogens is 9. The lowest BCUT2D eigenvalue weighted by Crippen LogP contribution is -2.03. The Morgan fingerprint density at radius 3 is 2.94 bits per heavy atom. The van der Waals surface area contributed by atoms with E-state index in [1.54, 1.807) is 18.6 Å². The third-order valence-electron chi connectivity index (χ3n) is 1.86. The summed E-state index contributed by atoms with van der Waals surface area (Å²) in [6.45, 7) is 0. The third-order valence-corrected chi connectivity index (χ3v) is 1.86. The summed E-state index contributed by atoms with van der Waals surface area (Å²) in [4.78, 5) is 12.0. The standard InChI is InChI=1S/C7H5N9/c1-2-9-5(3-8-1)6-12-14-15-16(6)7-10-4-11-13-7/h1-4H,(H,10,11,13). The zero-order chi connectivity index (χ0) is 10.8. The van der Waals surface area contributed by atoms with Crippen molar-refractivity contribution in [1.29, 1.82) is 0 Å². The van der Waals surface area contributed by atoms with Gasteiger partial charge in [-0.15, -0.1) is 5.10 Å². The maximum absolute atomic E-state index is 4.10. The Labute approximate surface area is 88.6 Å². The Morgan fingerprint density at radius 1 is 1.19 bits per heavy atom. The van der Waals surface area contributed by atoms with Gasteiger partial charge in [0.2, 0.25) is 11.8 Å². The molecule has 0 aliphatic carbocycles. The molecule has 0 atom stereocenters. The Balaban J connectivity index is 2.14. The highest BCUT2D eigenvalue weighted by Crippen LogP contribution is 2.12. The Kier molecular flexibility index (Phi) is 1.85. The molecular formula is C7H5N9. The summed E-state index contributed by atoms with van der Waals surface area (Å²) in [5.74, 6) is 0.871. The fourth-order valence-corrected chi connectivity index (χ4v) is 1.21. The molecule has 9 nitrogen and oxygen atoms in total.